The summed E-state index contributed by atoms with van der Waals surface area (Å²) in [5.74, 6) is 1.34. The zero-order valence-electron chi connectivity index (χ0n) is 10.1. The normalized spacial score (nSPS) is 40.8. The van der Waals surface area contributed by atoms with E-state index in [-0.39, 0.29) is 5.54 Å². The molecule has 3 saturated carbocycles. The molecular weight excluding hydrogens is 186 g/mol. The molecule has 0 heterocycles. The fourth-order valence-electron chi connectivity index (χ4n) is 4.00. The van der Waals surface area contributed by atoms with Crippen LogP contribution in [0.25, 0.3) is 0 Å². The Morgan fingerprint density at radius 1 is 1.20 bits per heavy atom. The smallest absolute Gasteiger partial charge is 0.0823 e. The van der Waals surface area contributed by atoms with Crippen LogP contribution in [-0.2, 0) is 0 Å². The standard InChI is InChI=1S/C13H25NO/c1-3-12(15,4-2)13(14)9-10-5-7-11(13)8-6-10/h10-11,15H,3-9,14H2,1-2H3. The van der Waals surface area contributed by atoms with Gasteiger partial charge in [-0.2, -0.15) is 0 Å². The third-order valence-corrected chi connectivity index (χ3v) is 5.24. The molecule has 2 bridgehead atoms. The molecule has 0 amide bonds. The third-order valence-electron chi connectivity index (χ3n) is 5.24. The van der Waals surface area contributed by atoms with Gasteiger partial charge < -0.3 is 10.8 Å². The SMILES string of the molecule is CCC(O)(CC)C1(N)CC2CCC1CC2. The number of hydrogen-bond donors (Lipinski definition) is 2. The highest BCUT2D eigenvalue weighted by Crippen LogP contribution is 2.51. The van der Waals surface area contributed by atoms with Crippen LogP contribution in [0.5, 0.6) is 0 Å². The molecule has 88 valence electrons. The van der Waals surface area contributed by atoms with Crippen molar-refractivity contribution >= 4 is 0 Å². The van der Waals surface area contributed by atoms with E-state index in [1.807, 2.05) is 0 Å². The number of aliphatic hydroxyl groups is 1. The highest BCUT2D eigenvalue weighted by molar-refractivity contribution is 5.11. The summed E-state index contributed by atoms with van der Waals surface area (Å²) in [6.45, 7) is 4.14. The van der Waals surface area contributed by atoms with Crippen molar-refractivity contribution in [3.63, 3.8) is 0 Å². The van der Waals surface area contributed by atoms with Crippen LogP contribution in [0.2, 0.25) is 0 Å². The van der Waals surface area contributed by atoms with Gasteiger partial charge in [-0.25, -0.2) is 0 Å². The van der Waals surface area contributed by atoms with Crippen molar-refractivity contribution < 1.29 is 5.11 Å². The molecule has 1 unspecified atom stereocenters. The Morgan fingerprint density at radius 3 is 2.07 bits per heavy atom. The Balaban J connectivity index is 2.25. The molecule has 3 N–H and O–H groups in total. The Bertz CT molecular complexity index is 229. The molecule has 3 fully saturated rings. The first-order valence-corrected chi connectivity index (χ1v) is 6.57. The lowest BCUT2D eigenvalue weighted by atomic mass is 9.54. The van der Waals surface area contributed by atoms with Crippen LogP contribution in [0.4, 0.5) is 0 Å². The van der Waals surface area contributed by atoms with Gasteiger partial charge in [0, 0.05) is 5.54 Å². The number of hydrogen-bond acceptors (Lipinski definition) is 2. The van der Waals surface area contributed by atoms with E-state index in [0.29, 0.717) is 5.92 Å². The summed E-state index contributed by atoms with van der Waals surface area (Å²) in [7, 11) is 0. The second-order valence-electron chi connectivity index (χ2n) is 5.70. The van der Waals surface area contributed by atoms with Gasteiger partial charge in [0.15, 0.2) is 0 Å². The van der Waals surface area contributed by atoms with Gasteiger partial charge in [0.25, 0.3) is 0 Å². The second kappa shape index (κ2) is 3.74. The molecule has 0 aromatic heterocycles. The van der Waals surface area contributed by atoms with E-state index in [9.17, 15) is 5.11 Å². The number of rotatable bonds is 3. The maximum atomic E-state index is 10.7. The van der Waals surface area contributed by atoms with Crippen molar-refractivity contribution in [2.45, 2.75) is 69.9 Å². The van der Waals surface area contributed by atoms with E-state index in [2.05, 4.69) is 13.8 Å². The lowest BCUT2D eigenvalue weighted by molar-refractivity contribution is -0.110. The summed E-state index contributed by atoms with van der Waals surface area (Å²) < 4.78 is 0. The maximum Gasteiger partial charge on any atom is 0.0823 e. The fraction of sp³-hybridized carbons (Fsp3) is 1.00. The Labute approximate surface area is 93.2 Å². The van der Waals surface area contributed by atoms with Gasteiger partial charge >= 0.3 is 0 Å². The topological polar surface area (TPSA) is 46.2 Å². The summed E-state index contributed by atoms with van der Waals surface area (Å²) in [6, 6.07) is 0. The van der Waals surface area contributed by atoms with Crippen molar-refractivity contribution in [2.75, 3.05) is 0 Å². The molecule has 3 rings (SSSR count). The highest BCUT2D eigenvalue weighted by Gasteiger charge is 2.54. The summed E-state index contributed by atoms with van der Waals surface area (Å²) in [5.41, 5.74) is 5.67. The average molecular weight is 211 g/mol. The molecule has 0 radical (unpaired) electrons. The minimum absolute atomic E-state index is 0.294. The van der Waals surface area contributed by atoms with Crippen molar-refractivity contribution in [1.29, 1.82) is 0 Å². The Hall–Kier alpha value is -0.0800. The van der Waals surface area contributed by atoms with Crippen molar-refractivity contribution in [2.24, 2.45) is 17.6 Å². The minimum atomic E-state index is -0.628. The Kier molecular flexibility index (Phi) is 2.85. The molecule has 15 heavy (non-hydrogen) atoms. The van der Waals surface area contributed by atoms with Crippen LogP contribution < -0.4 is 5.73 Å². The zero-order chi connectivity index (χ0) is 11.1. The first kappa shape index (κ1) is 11.4. The molecule has 2 heteroatoms. The average Bonchev–Trinajstić information content (AvgIpc) is 2.29. The van der Waals surface area contributed by atoms with E-state index in [1.54, 1.807) is 0 Å². The first-order valence-electron chi connectivity index (χ1n) is 6.57. The molecule has 0 spiro atoms. The summed E-state index contributed by atoms with van der Waals surface area (Å²) in [5, 5.41) is 10.7. The predicted octanol–water partition coefficient (Wildman–Crippen LogP) is 2.45. The van der Waals surface area contributed by atoms with E-state index in [4.69, 9.17) is 5.73 Å². The largest absolute Gasteiger partial charge is 0.388 e. The molecule has 0 aromatic rings. The molecule has 3 aliphatic rings. The van der Waals surface area contributed by atoms with Crippen LogP contribution >= 0.6 is 0 Å². The molecule has 2 nitrogen and oxygen atoms in total. The Morgan fingerprint density at radius 2 is 1.73 bits per heavy atom. The van der Waals surface area contributed by atoms with E-state index in [1.165, 1.54) is 25.7 Å². The lowest BCUT2D eigenvalue weighted by Gasteiger charge is -2.57. The molecule has 0 saturated heterocycles. The summed E-state index contributed by atoms with van der Waals surface area (Å²) in [4.78, 5) is 0. The van der Waals surface area contributed by atoms with Crippen LogP contribution in [0.1, 0.15) is 58.8 Å². The predicted molar refractivity (Wildman–Crippen MR) is 62.5 cm³/mol. The van der Waals surface area contributed by atoms with Crippen LogP contribution in [0.3, 0.4) is 0 Å². The first-order chi connectivity index (χ1) is 7.05. The van der Waals surface area contributed by atoms with Crippen molar-refractivity contribution in [3.8, 4) is 0 Å². The molecule has 1 atom stereocenters. The van der Waals surface area contributed by atoms with Crippen molar-refractivity contribution in [1.82, 2.24) is 0 Å². The van der Waals surface area contributed by atoms with E-state index < -0.39 is 5.60 Å². The molecule has 3 aliphatic carbocycles. The summed E-state index contributed by atoms with van der Waals surface area (Å²) >= 11 is 0. The van der Waals surface area contributed by atoms with Gasteiger partial charge in [-0.1, -0.05) is 26.7 Å². The van der Waals surface area contributed by atoms with E-state index in [0.717, 1.165) is 25.2 Å². The van der Waals surface area contributed by atoms with Crippen LogP contribution in [-0.4, -0.2) is 16.2 Å². The number of fused-ring (bicyclic) bond motifs is 3. The minimum Gasteiger partial charge on any atom is -0.388 e. The van der Waals surface area contributed by atoms with Gasteiger partial charge in [-0.15, -0.1) is 0 Å². The van der Waals surface area contributed by atoms with Gasteiger partial charge in [0.1, 0.15) is 0 Å². The number of nitrogens with two attached hydrogens (primary N) is 1. The quantitative estimate of drug-likeness (QED) is 0.753. The third kappa shape index (κ3) is 1.53. The monoisotopic (exact) mass is 211 g/mol. The maximum absolute atomic E-state index is 10.7. The second-order valence-corrected chi connectivity index (χ2v) is 5.70. The summed E-state index contributed by atoms with van der Waals surface area (Å²) in [6.07, 6.45) is 7.80. The van der Waals surface area contributed by atoms with Crippen molar-refractivity contribution in [3.05, 3.63) is 0 Å². The van der Waals surface area contributed by atoms with Gasteiger partial charge in [-0.3, -0.25) is 0 Å². The molecule has 0 aliphatic heterocycles. The molecular formula is C13H25NO. The van der Waals surface area contributed by atoms with Gasteiger partial charge in [0.05, 0.1) is 5.60 Å². The van der Waals surface area contributed by atoms with Crippen LogP contribution in [0.15, 0.2) is 0 Å². The van der Waals surface area contributed by atoms with E-state index >= 15 is 0 Å². The highest BCUT2D eigenvalue weighted by atomic mass is 16.3. The van der Waals surface area contributed by atoms with Gasteiger partial charge in [-0.05, 0) is 43.9 Å². The van der Waals surface area contributed by atoms with Crippen LogP contribution in [0, 0.1) is 11.8 Å². The fourth-order valence-corrected chi connectivity index (χ4v) is 4.00. The molecule has 0 aromatic carbocycles. The zero-order valence-corrected chi connectivity index (χ0v) is 10.1. The lowest BCUT2D eigenvalue weighted by Crippen LogP contribution is -2.68. The van der Waals surface area contributed by atoms with Gasteiger partial charge in [0.2, 0.25) is 0 Å².